The van der Waals surface area contributed by atoms with Gasteiger partial charge in [-0.15, -0.1) is 0 Å². The van der Waals surface area contributed by atoms with E-state index in [9.17, 15) is 5.11 Å². The van der Waals surface area contributed by atoms with Crippen molar-refractivity contribution in [2.75, 3.05) is 0 Å². The minimum Gasteiger partial charge on any atom is -0.388 e. The first-order valence-electron chi connectivity index (χ1n) is 5.65. The summed E-state index contributed by atoms with van der Waals surface area (Å²) in [5.41, 5.74) is 4.53. The molecule has 0 saturated carbocycles. The molecule has 0 bridgehead atoms. The van der Waals surface area contributed by atoms with Crippen LogP contribution >= 0.6 is 0 Å². The maximum Gasteiger partial charge on any atom is 0.0835 e. The van der Waals surface area contributed by atoms with Crippen LogP contribution in [0.4, 0.5) is 0 Å². The summed E-state index contributed by atoms with van der Waals surface area (Å²) in [6.45, 7) is 2.07. The van der Waals surface area contributed by atoms with E-state index in [2.05, 4.69) is 27.8 Å². The molecule has 0 spiro atoms. The van der Waals surface area contributed by atoms with E-state index in [0.717, 1.165) is 36.2 Å². The van der Waals surface area contributed by atoms with E-state index < -0.39 is 0 Å². The average Bonchev–Trinajstić information content (AvgIpc) is 2.85. The zero-order valence-electron chi connectivity index (χ0n) is 9.27. The Kier molecular flexibility index (Phi) is 2.11. The molecule has 2 aromatic rings. The molecule has 1 atom stereocenters. The number of rotatable bonds is 1. The Bertz CT molecular complexity index is 499. The number of hydrogen-bond donors (Lipinski definition) is 2. The Hall–Kier alpha value is -1.55. The molecule has 3 rings (SSSR count). The first kappa shape index (κ1) is 9.66. The zero-order valence-corrected chi connectivity index (χ0v) is 9.27. The van der Waals surface area contributed by atoms with E-state index in [1.54, 1.807) is 0 Å². The van der Waals surface area contributed by atoms with Gasteiger partial charge < -0.3 is 9.67 Å². The molecule has 1 aliphatic carbocycles. The SMILES string of the molecule is Cc1cc2c(n1-c1cn[nH]c1)CCCC2O. The van der Waals surface area contributed by atoms with E-state index in [0.29, 0.717) is 0 Å². The third-order valence-corrected chi connectivity index (χ3v) is 3.31. The van der Waals surface area contributed by atoms with Crippen LogP contribution in [0.3, 0.4) is 0 Å². The second-order valence-electron chi connectivity index (χ2n) is 4.39. The number of H-pyrrole nitrogens is 1. The molecule has 84 valence electrons. The predicted octanol–water partition coefficient (Wildman–Crippen LogP) is 1.88. The van der Waals surface area contributed by atoms with Crippen LogP contribution in [0.5, 0.6) is 0 Å². The van der Waals surface area contributed by atoms with Gasteiger partial charge in [0, 0.05) is 23.1 Å². The summed E-state index contributed by atoms with van der Waals surface area (Å²) in [6, 6.07) is 2.09. The highest BCUT2D eigenvalue weighted by atomic mass is 16.3. The quantitative estimate of drug-likeness (QED) is 0.766. The zero-order chi connectivity index (χ0) is 11.1. The highest BCUT2D eigenvalue weighted by Crippen LogP contribution is 2.33. The van der Waals surface area contributed by atoms with Gasteiger partial charge in [-0.2, -0.15) is 5.10 Å². The normalized spacial score (nSPS) is 19.8. The van der Waals surface area contributed by atoms with Crippen LogP contribution in [0, 0.1) is 6.92 Å². The Morgan fingerprint density at radius 3 is 3.19 bits per heavy atom. The molecule has 4 nitrogen and oxygen atoms in total. The van der Waals surface area contributed by atoms with Crippen molar-refractivity contribution in [1.82, 2.24) is 14.8 Å². The Morgan fingerprint density at radius 2 is 2.44 bits per heavy atom. The van der Waals surface area contributed by atoms with Crippen LogP contribution in [0.1, 0.15) is 35.9 Å². The van der Waals surface area contributed by atoms with Crippen molar-refractivity contribution in [1.29, 1.82) is 0 Å². The Balaban J connectivity index is 2.19. The third-order valence-electron chi connectivity index (χ3n) is 3.31. The predicted molar refractivity (Wildman–Crippen MR) is 60.5 cm³/mol. The van der Waals surface area contributed by atoms with Gasteiger partial charge in [-0.3, -0.25) is 5.10 Å². The first-order chi connectivity index (χ1) is 7.77. The van der Waals surface area contributed by atoms with Crippen LogP contribution in [0.2, 0.25) is 0 Å². The monoisotopic (exact) mass is 217 g/mol. The molecule has 0 saturated heterocycles. The summed E-state index contributed by atoms with van der Waals surface area (Å²) in [7, 11) is 0. The number of nitrogens with zero attached hydrogens (tertiary/aromatic N) is 2. The van der Waals surface area contributed by atoms with E-state index in [1.165, 1.54) is 5.69 Å². The summed E-state index contributed by atoms with van der Waals surface area (Å²) in [5.74, 6) is 0. The average molecular weight is 217 g/mol. The van der Waals surface area contributed by atoms with Crippen LogP contribution in [0.15, 0.2) is 18.5 Å². The topological polar surface area (TPSA) is 53.8 Å². The van der Waals surface area contributed by atoms with Gasteiger partial charge in [-0.1, -0.05) is 0 Å². The van der Waals surface area contributed by atoms with E-state index in [-0.39, 0.29) is 6.10 Å². The number of aryl methyl sites for hydroxylation is 1. The van der Waals surface area contributed by atoms with Gasteiger partial charge in [0.1, 0.15) is 0 Å². The second kappa shape index (κ2) is 3.49. The minimum absolute atomic E-state index is 0.296. The largest absolute Gasteiger partial charge is 0.388 e. The lowest BCUT2D eigenvalue weighted by Gasteiger charge is -2.19. The molecule has 1 unspecified atom stereocenters. The lowest BCUT2D eigenvalue weighted by atomic mass is 9.95. The highest BCUT2D eigenvalue weighted by Gasteiger charge is 2.23. The van der Waals surface area contributed by atoms with Crippen LogP contribution in [0.25, 0.3) is 5.69 Å². The molecular formula is C12H15N3O. The molecule has 2 aromatic heterocycles. The van der Waals surface area contributed by atoms with Crippen molar-refractivity contribution < 1.29 is 5.11 Å². The van der Waals surface area contributed by atoms with Crippen LogP contribution < -0.4 is 0 Å². The molecule has 0 radical (unpaired) electrons. The summed E-state index contributed by atoms with van der Waals surface area (Å²) in [6.07, 6.45) is 6.36. The lowest BCUT2D eigenvalue weighted by Crippen LogP contribution is -2.11. The smallest absolute Gasteiger partial charge is 0.0835 e. The van der Waals surface area contributed by atoms with Crippen LogP contribution in [-0.2, 0) is 6.42 Å². The maximum atomic E-state index is 9.96. The second-order valence-corrected chi connectivity index (χ2v) is 4.39. The number of aliphatic hydroxyl groups excluding tert-OH is 1. The van der Waals surface area contributed by atoms with Crippen molar-refractivity contribution in [3.63, 3.8) is 0 Å². The summed E-state index contributed by atoms with van der Waals surface area (Å²) < 4.78 is 2.18. The number of aromatic amines is 1. The number of aliphatic hydroxyl groups is 1. The van der Waals surface area contributed by atoms with Crippen molar-refractivity contribution in [2.45, 2.75) is 32.3 Å². The van der Waals surface area contributed by atoms with Crippen molar-refractivity contribution in [2.24, 2.45) is 0 Å². The van der Waals surface area contributed by atoms with Crippen molar-refractivity contribution >= 4 is 0 Å². The summed E-state index contributed by atoms with van der Waals surface area (Å²) >= 11 is 0. The molecule has 4 heteroatoms. The molecule has 2 N–H and O–H groups in total. The summed E-state index contributed by atoms with van der Waals surface area (Å²) in [5, 5.41) is 16.8. The van der Waals surface area contributed by atoms with Gasteiger partial charge in [-0.05, 0) is 32.3 Å². The van der Waals surface area contributed by atoms with Gasteiger partial charge in [0.2, 0.25) is 0 Å². The van der Waals surface area contributed by atoms with E-state index in [4.69, 9.17) is 0 Å². The molecule has 1 aliphatic rings. The van der Waals surface area contributed by atoms with Crippen molar-refractivity contribution in [3.05, 3.63) is 35.4 Å². The van der Waals surface area contributed by atoms with Gasteiger partial charge in [0.05, 0.1) is 18.0 Å². The fourth-order valence-electron chi connectivity index (χ4n) is 2.60. The van der Waals surface area contributed by atoms with Gasteiger partial charge >= 0.3 is 0 Å². The fraction of sp³-hybridized carbons (Fsp3) is 0.417. The lowest BCUT2D eigenvalue weighted by molar-refractivity contribution is 0.156. The third kappa shape index (κ3) is 1.30. The van der Waals surface area contributed by atoms with E-state index in [1.807, 2.05) is 12.4 Å². The molecule has 0 amide bonds. The molecule has 0 fully saturated rings. The minimum atomic E-state index is -0.296. The van der Waals surface area contributed by atoms with Gasteiger partial charge in [0.15, 0.2) is 0 Å². The first-order valence-corrected chi connectivity index (χ1v) is 5.65. The number of nitrogens with one attached hydrogen (secondary N) is 1. The molecular weight excluding hydrogens is 202 g/mol. The van der Waals surface area contributed by atoms with E-state index >= 15 is 0 Å². The maximum absolute atomic E-state index is 9.96. The highest BCUT2D eigenvalue weighted by molar-refractivity contribution is 5.41. The molecule has 0 aliphatic heterocycles. The molecule has 16 heavy (non-hydrogen) atoms. The van der Waals surface area contributed by atoms with Gasteiger partial charge in [-0.25, -0.2) is 0 Å². The summed E-state index contributed by atoms with van der Waals surface area (Å²) in [4.78, 5) is 0. The Labute approximate surface area is 93.9 Å². The van der Waals surface area contributed by atoms with Crippen LogP contribution in [-0.4, -0.2) is 19.9 Å². The standard InChI is InChI=1S/C12H15N3O/c1-8-5-10-11(3-2-4-12(10)16)15(8)9-6-13-14-7-9/h5-7,12,16H,2-4H2,1H3,(H,13,14). The Morgan fingerprint density at radius 1 is 1.56 bits per heavy atom. The molecule has 0 aromatic carbocycles. The molecule has 2 heterocycles. The van der Waals surface area contributed by atoms with Crippen molar-refractivity contribution in [3.8, 4) is 5.69 Å². The van der Waals surface area contributed by atoms with Gasteiger partial charge in [0.25, 0.3) is 0 Å². The fourth-order valence-corrected chi connectivity index (χ4v) is 2.60. The number of hydrogen-bond acceptors (Lipinski definition) is 2. The number of aromatic nitrogens is 3. The number of fused-ring (bicyclic) bond motifs is 1.